The van der Waals surface area contributed by atoms with Crippen LogP contribution in [0, 0.1) is 0 Å². The van der Waals surface area contributed by atoms with E-state index in [1.54, 1.807) is 0 Å². The van der Waals surface area contributed by atoms with Crippen molar-refractivity contribution in [2.45, 2.75) is 37.7 Å². The molecule has 0 saturated heterocycles. The summed E-state index contributed by atoms with van der Waals surface area (Å²) in [6.45, 7) is 3.79. The van der Waals surface area contributed by atoms with E-state index in [0.717, 1.165) is 18.7 Å². The number of rotatable bonds is 3. The van der Waals surface area contributed by atoms with Gasteiger partial charge in [-0.2, -0.15) is 13.2 Å². The lowest BCUT2D eigenvalue weighted by Crippen LogP contribution is -2.11. The van der Waals surface area contributed by atoms with Gasteiger partial charge in [-0.15, -0.1) is 11.6 Å². The van der Waals surface area contributed by atoms with Crippen molar-refractivity contribution in [1.82, 2.24) is 4.98 Å². The van der Waals surface area contributed by atoms with Crippen LogP contribution in [0.25, 0.3) is 0 Å². The zero-order valence-corrected chi connectivity index (χ0v) is 9.81. The van der Waals surface area contributed by atoms with Crippen LogP contribution in [0.3, 0.4) is 0 Å². The van der Waals surface area contributed by atoms with E-state index in [-0.39, 0.29) is 11.3 Å². The minimum absolute atomic E-state index is 0.0473. The Morgan fingerprint density at radius 2 is 2.00 bits per heavy atom. The Balaban J connectivity index is 2.87. The second kappa shape index (κ2) is 5.04. The molecular formula is C11H13ClF3N. The Morgan fingerprint density at radius 1 is 1.38 bits per heavy atom. The first-order valence-electron chi connectivity index (χ1n) is 5.03. The van der Waals surface area contributed by atoms with E-state index < -0.39 is 11.7 Å². The van der Waals surface area contributed by atoms with E-state index in [1.807, 2.05) is 13.8 Å². The fraction of sp³-hybridized carbons (Fsp3) is 0.545. The SMILES string of the molecule is CCC(Cl)C(C)c1ccc(C(F)(F)F)cn1. The van der Waals surface area contributed by atoms with E-state index in [2.05, 4.69) is 4.98 Å². The topological polar surface area (TPSA) is 12.9 Å². The Morgan fingerprint density at radius 3 is 2.38 bits per heavy atom. The van der Waals surface area contributed by atoms with Crippen molar-refractivity contribution >= 4 is 11.6 Å². The molecule has 5 heteroatoms. The molecule has 0 saturated carbocycles. The van der Waals surface area contributed by atoms with Crippen LogP contribution in [0.5, 0.6) is 0 Å². The van der Waals surface area contributed by atoms with Crippen LogP contribution in [-0.2, 0) is 6.18 Å². The predicted octanol–water partition coefficient (Wildman–Crippen LogP) is 4.22. The maximum Gasteiger partial charge on any atom is 0.417 e. The maximum absolute atomic E-state index is 12.3. The summed E-state index contributed by atoms with van der Waals surface area (Å²) in [6.07, 6.45) is -2.73. The monoisotopic (exact) mass is 251 g/mol. The number of nitrogens with zero attached hydrogens (tertiary/aromatic N) is 1. The molecule has 90 valence electrons. The van der Waals surface area contributed by atoms with E-state index in [0.29, 0.717) is 5.69 Å². The van der Waals surface area contributed by atoms with Crippen molar-refractivity contribution in [1.29, 1.82) is 0 Å². The smallest absolute Gasteiger partial charge is 0.260 e. The van der Waals surface area contributed by atoms with Gasteiger partial charge in [0.05, 0.1) is 5.56 Å². The summed E-state index contributed by atoms with van der Waals surface area (Å²) in [6, 6.07) is 2.43. The van der Waals surface area contributed by atoms with Crippen LogP contribution in [0.1, 0.15) is 37.4 Å². The number of alkyl halides is 4. The fourth-order valence-electron chi connectivity index (χ4n) is 1.38. The van der Waals surface area contributed by atoms with E-state index in [1.165, 1.54) is 6.07 Å². The van der Waals surface area contributed by atoms with Crippen molar-refractivity contribution < 1.29 is 13.2 Å². The van der Waals surface area contributed by atoms with Gasteiger partial charge in [0.15, 0.2) is 0 Å². The minimum atomic E-state index is -4.33. The fourth-order valence-corrected chi connectivity index (χ4v) is 1.51. The number of hydrogen-bond acceptors (Lipinski definition) is 1. The average Bonchev–Trinajstić information content (AvgIpc) is 2.26. The lowest BCUT2D eigenvalue weighted by molar-refractivity contribution is -0.137. The molecule has 0 aliphatic heterocycles. The summed E-state index contributed by atoms with van der Waals surface area (Å²) in [5, 5.41) is -0.107. The zero-order valence-electron chi connectivity index (χ0n) is 9.05. The molecule has 0 aromatic carbocycles. The van der Waals surface area contributed by atoms with Gasteiger partial charge in [-0.25, -0.2) is 0 Å². The maximum atomic E-state index is 12.3. The molecule has 0 spiro atoms. The normalized spacial score (nSPS) is 15.9. The van der Waals surface area contributed by atoms with Gasteiger partial charge < -0.3 is 0 Å². The Labute approximate surface area is 97.6 Å². The van der Waals surface area contributed by atoms with E-state index in [9.17, 15) is 13.2 Å². The van der Waals surface area contributed by atoms with E-state index in [4.69, 9.17) is 11.6 Å². The largest absolute Gasteiger partial charge is 0.417 e. The molecule has 16 heavy (non-hydrogen) atoms. The molecule has 1 rings (SSSR count). The number of hydrogen-bond donors (Lipinski definition) is 0. The van der Waals surface area contributed by atoms with Gasteiger partial charge in [-0.05, 0) is 18.6 Å². The zero-order chi connectivity index (χ0) is 12.3. The summed E-state index contributed by atoms with van der Waals surface area (Å²) >= 11 is 6.02. The highest BCUT2D eigenvalue weighted by atomic mass is 35.5. The van der Waals surface area contributed by atoms with Crippen molar-refractivity contribution in [2.24, 2.45) is 0 Å². The van der Waals surface area contributed by atoms with Gasteiger partial charge in [-0.3, -0.25) is 4.98 Å². The Kier molecular flexibility index (Phi) is 4.19. The van der Waals surface area contributed by atoms with Crippen molar-refractivity contribution in [3.8, 4) is 0 Å². The van der Waals surface area contributed by atoms with Crippen molar-refractivity contribution in [3.05, 3.63) is 29.6 Å². The molecule has 0 N–H and O–H groups in total. The highest BCUT2D eigenvalue weighted by Gasteiger charge is 2.31. The van der Waals surface area contributed by atoms with Gasteiger partial charge in [0.25, 0.3) is 0 Å². The van der Waals surface area contributed by atoms with Crippen LogP contribution in [0.15, 0.2) is 18.3 Å². The molecule has 1 nitrogen and oxygen atoms in total. The molecule has 0 aliphatic carbocycles. The Bertz CT molecular complexity index is 334. The summed E-state index contributed by atoms with van der Waals surface area (Å²) in [5.74, 6) is -0.0473. The second-order valence-corrected chi connectivity index (χ2v) is 4.24. The van der Waals surface area contributed by atoms with Crippen molar-refractivity contribution in [3.63, 3.8) is 0 Å². The highest BCUT2D eigenvalue weighted by molar-refractivity contribution is 6.21. The standard InChI is InChI=1S/C11H13ClF3N/c1-3-9(12)7(2)10-5-4-8(6-16-10)11(13,14)15/h4-7,9H,3H2,1-2H3. The quantitative estimate of drug-likeness (QED) is 0.733. The molecule has 1 heterocycles. The van der Waals surface area contributed by atoms with Gasteiger partial charge >= 0.3 is 6.18 Å². The lowest BCUT2D eigenvalue weighted by atomic mass is 10.0. The number of halogens is 4. The third-order valence-corrected chi connectivity index (χ3v) is 3.20. The van der Waals surface area contributed by atoms with Gasteiger partial charge in [0, 0.05) is 23.2 Å². The summed E-state index contributed by atoms with van der Waals surface area (Å²) in [7, 11) is 0. The van der Waals surface area contributed by atoms with Gasteiger partial charge in [0.1, 0.15) is 0 Å². The molecule has 0 bridgehead atoms. The number of aromatic nitrogens is 1. The summed E-state index contributed by atoms with van der Waals surface area (Å²) in [5.41, 5.74) is -0.138. The first-order chi connectivity index (χ1) is 7.36. The first kappa shape index (κ1) is 13.3. The average molecular weight is 252 g/mol. The molecule has 2 unspecified atom stereocenters. The molecule has 0 amide bonds. The third-order valence-electron chi connectivity index (χ3n) is 2.51. The molecule has 1 aromatic rings. The van der Waals surface area contributed by atoms with Crippen LogP contribution >= 0.6 is 11.6 Å². The highest BCUT2D eigenvalue weighted by Crippen LogP contribution is 2.30. The molecule has 1 aromatic heterocycles. The van der Waals surface area contributed by atoms with Crippen LogP contribution in [-0.4, -0.2) is 10.4 Å². The molecular weight excluding hydrogens is 239 g/mol. The predicted molar refractivity (Wildman–Crippen MR) is 57.6 cm³/mol. The van der Waals surface area contributed by atoms with Gasteiger partial charge in [0.2, 0.25) is 0 Å². The number of pyridine rings is 1. The first-order valence-corrected chi connectivity index (χ1v) is 5.47. The van der Waals surface area contributed by atoms with Crippen LogP contribution < -0.4 is 0 Å². The molecule has 0 fully saturated rings. The van der Waals surface area contributed by atoms with Gasteiger partial charge in [-0.1, -0.05) is 13.8 Å². The molecule has 0 aliphatic rings. The summed E-state index contributed by atoms with van der Waals surface area (Å²) in [4.78, 5) is 3.81. The van der Waals surface area contributed by atoms with Crippen LogP contribution in [0.4, 0.5) is 13.2 Å². The Hall–Kier alpha value is -0.770. The lowest BCUT2D eigenvalue weighted by Gasteiger charge is -2.16. The summed E-state index contributed by atoms with van der Waals surface area (Å²) < 4.78 is 36.8. The third kappa shape index (κ3) is 3.11. The second-order valence-electron chi connectivity index (χ2n) is 3.68. The molecule has 2 atom stereocenters. The van der Waals surface area contributed by atoms with Crippen molar-refractivity contribution in [2.75, 3.05) is 0 Å². The minimum Gasteiger partial charge on any atom is -0.260 e. The van der Waals surface area contributed by atoms with E-state index >= 15 is 0 Å². The molecule has 0 radical (unpaired) electrons. The van der Waals surface area contributed by atoms with Crippen LogP contribution in [0.2, 0.25) is 0 Å².